The van der Waals surface area contributed by atoms with Crippen molar-refractivity contribution in [3.05, 3.63) is 29.3 Å². The van der Waals surface area contributed by atoms with Gasteiger partial charge in [-0.1, -0.05) is 6.07 Å². The van der Waals surface area contributed by atoms with E-state index in [1.165, 1.54) is 0 Å². The average Bonchev–Trinajstić information content (AvgIpc) is 2.62. The van der Waals surface area contributed by atoms with Crippen molar-refractivity contribution in [3.8, 4) is 5.75 Å². The van der Waals surface area contributed by atoms with Crippen molar-refractivity contribution in [1.29, 1.82) is 0 Å². The summed E-state index contributed by atoms with van der Waals surface area (Å²) in [7, 11) is 5.12. The van der Waals surface area contributed by atoms with E-state index >= 15 is 0 Å². The van der Waals surface area contributed by atoms with Crippen molar-refractivity contribution >= 4 is 11.9 Å². The lowest BCUT2D eigenvalue weighted by Crippen LogP contribution is -2.43. The van der Waals surface area contributed by atoms with Gasteiger partial charge in [0.15, 0.2) is 5.96 Å². The van der Waals surface area contributed by atoms with Crippen LogP contribution in [0, 0.1) is 6.92 Å². The number of aryl methyl sites for hydroxylation is 1. The second-order valence-corrected chi connectivity index (χ2v) is 6.14. The zero-order chi connectivity index (χ0) is 19.4. The summed E-state index contributed by atoms with van der Waals surface area (Å²) >= 11 is 0. The number of likely N-dealkylation sites (N-methyl/N-ethyl adjacent to an activating group) is 1. The summed E-state index contributed by atoms with van der Waals surface area (Å²) in [5.74, 6) is 1.42. The monoisotopic (exact) mass is 364 g/mol. The van der Waals surface area contributed by atoms with Crippen LogP contribution in [0.3, 0.4) is 0 Å². The number of carbonyl (C=O) groups is 1. The molecule has 7 heteroatoms. The minimum Gasteiger partial charge on any atom is -0.497 e. The van der Waals surface area contributed by atoms with E-state index in [9.17, 15) is 4.79 Å². The van der Waals surface area contributed by atoms with Crippen LogP contribution >= 0.6 is 0 Å². The fraction of sp³-hybridized carbons (Fsp3) is 0.579. The highest BCUT2D eigenvalue weighted by Gasteiger charge is 2.06. The molecule has 1 aromatic rings. The Morgan fingerprint density at radius 3 is 2.65 bits per heavy atom. The number of rotatable bonds is 10. The van der Waals surface area contributed by atoms with Gasteiger partial charge in [0, 0.05) is 33.9 Å². The first kappa shape index (κ1) is 21.8. The van der Waals surface area contributed by atoms with E-state index in [4.69, 9.17) is 9.47 Å². The highest BCUT2D eigenvalue weighted by Crippen LogP contribution is 2.16. The Labute approximate surface area is 156 Å². The van der Waals surface area contributed by atoms with Gasteiger partial charge in [-0.2, -0.15) is 0 Å². The van der Waals surface area contributed by atoms with Crippen LogP contribution < -0.4 is 15.4 Å². The molecular weight excluding hydrogens is 332 g/mol. The fourth-order valence-electron chi connectivity index (χ4n) is 2.22. The van der Waals surface area contributed by atoms with Gasteiger partial charge in [0.1, 0.15) is 5.75 Å². The Morgan fingerprint density at radius 1 is 1.23 bits per heavy atom. The predicted molar refractivity (Wildman–Crippen MR) is 105 cm³/mol. The van der Waals surface area contributed by atoms with E-state index < -0.39 is 0 Å². The molecule has 0 aromatic heterocycles. The third kappa shape index (κ3) is 8.71. The van der Waals surface area contributed by atoms with Crippen LogP contribution in [0.1, 0.15) is 24.5 Å². The van der Waals surface area contributed by atoms with Gasteiger partial charge in [0.25, 0.3) is 0 Å². The molecule has 0 radical (unpaired) electrons. The molecule has 0 saturated carbocycles. The van der Waals surface area contributed by atoms with Crippen LogP contribution in [0.15, 0.2) is 23.2 Å². The van der Waals surface area contributed by atoms with Crippen molar-refractivity contribution in [1.82, 2.24) is 15.5 Å². The van der Waals surface area contributed by atoms with Crippen LogP contribution in [0.25, 0.3) is 0 Å². The molecule has 1 aromatic carbocycles. The molecule has 0 aliphatic carbocycles. The van der Waals surface area contributed by atoms with Gasteiger partial charge in [-0.15, -0.1) is 0 Å². The molecule has 0 unspecified atom stereocenters. The Bertz CT molecular complexity index is 588. The minimum atomic E-state index is -0.00830. The molecule has 0 aliphatic rings. The van der Waals surface area contributed by atoms with Crippen molar-refractivity contribution in [2.75, 3.05) is 47.5 Å². The largest absolute Gasteiger partial charge is 0.497 e. The molecule has 1 rings (SSSR count). The molecular formula is C19H32N4O3. The smallest absolute Gasteiger partial charge is 0.241 e. The second-order valence-electron chi connectivity index (χ2n) is 6.14. The number of nitrogens with one attached hydrogen (secondary N) is 2. The SMILES string of the molecule is CCOCCCNC(=NCc1cc(C)cc(OC)c1)NCC(=O)N(C)C. The van der Waals surface area contributed by atoms with E-state index in [0.29, 0.717) is 25.7 Å². The number of hydrogen-bond donors (Lipinski definition) is 2. The summed E-state index contributed by atoms with van der Waals surface area (Å²) < 4.78 is 10.6. The lowest BCUT2D eigenvalue weighted by atomic mass is 10.1. The minimum absolute atomic E-state index is 0.00830. The summed E-state index contributed by atoms with van der Waals surface area (Å²) in [6, 6.07) is 6.02. The number of ether oxygens (including phenoxy) is 2. The van der Waals surface area contributed by atoms with Gasteiger partial charge in [-0.3, -0.25) is 4.79 Å². The van der Waals surface area contributed by atoms with Crippen molar-refractivity contribution in [2.24, 2.45) is 4.99 Å². The first-order valence-corrected chi connectivity index (χ1v) is 8.91. The first-order chi connectivity index (χ1) is 12.5. The molecule has 0 atom stereocenters. The Balaban J connectivity index is 2.70. The zero-order valence-corrected chi connectivity index (χ0v) is 16.6. The molecule has 7 nitrogen and oxygen atoms in total. The standard InChI is InChI=1S/C19H32N4O3/c1-6-26-9-7-8-20-19(22-14-18(24)23(3)4)21-13-16-10-15(2)11-17(12-16)25-5/h10-12H,6-9,13-14H2,1-5H3,(H2,20,21,22). The molecule has 0 aliphatic heterocycles. The van der Waals surface area contributed by atoms with E-state index in [1.807, 2.05) is 26.0 Å². The number of carbonyl (C=O) groups excluding carboxylic acids is 1. The topological polar surface area (TPSA) is 75.2 Å². The average molecular weight is 364 g/mol. The number of hydrogen-bond acceptors (Lipinski definition) is 4. The summed E-state index contributed by atoms with van der Waals surface area (Å²) in [6.45, 7) is 6.82. The molecule has 146 valence electrons. The second kappa shape index (κ2) is 12.1. The maximum absolute atomic E-state index is 11.8. The van der Waals surface area contributed by atoms with Crippen LogP contribution in [0.4, 0.5) is 0 Å². The van der Waals surface area contributed by atoms with Crippen LogP contribution in [-0.2, 0) is 16.1 Å². The fourth-order valence-corrected chi connectivity index (χ4v) is 2.22. The highest BCUT2D eigenvalue weighted by molar-refractivity contribution is 5.86. The molecule has 0 bridgehead atoms. The van der Waals surface area contributed by atoms with Crippen LogP contribution in [0.5, 0.6) is 5.75 Å². The number of nitrogens with zero attached hydrogens (tertiary/aromatic N) is 2. The summed E-state index contributed by atoms with van der Waals surface area (Å²) in [4.78, 5) is 17.9. The van der Waals surface area contributed by atoms with E-state index in [-0.39, 0.29) is 12.5 Å². The predicted octanol–water partition coefficient (Wildman–Crippen LogP) is 1.55. The Kier molecular flexibility index (Phi) is 10.2. The van der Waals surface area contributed by atoms with E-state index in [0.717, 1.165) is 29.8 Å². The first-order valence-electron chi connectivity index (χ1n) is 8.91. The Hall–Kier alpha value is -2.28. The van der Waals surface area contributed by atoms with Gasteiger partial charge in [-0.25, -0.2) is 4.99 Å². The van der Waals surface area contributed by atoms with Crippen LogP contribution in [0.2, 0.25) is 0 Å². The van der Waals surface area contributed by atoms with Crippen molar-refractivity contribution < 1.29 is 14.3 Å². The number of methoxy groups -OCH3 is 1. The molecule has 26 heavy (non-hydrogen) atoms. The number of benzene rings is 1. The summed E-state index contributed by atoms with van der Waals surface area (Å²) in [5.41, 5.74) is 2.17. The normalized spacial score (nSPS) is 11.2. The van der Waals surface area contributed by atoms with Gasteiger partial charge >= 0.3 is 0 Å². The summed E-state index contributed by atoms with van der Waals surface area (Å²) in [5, 5.41) is 6.32. The van der Waals surface area contributed by atoms with E-state index in [1.54, 1.807) is 26.1 Å². The molecule has 0 saturated heterocycles. The van der Waals surface area contributed by atoms with Gasteiger partial charge in [0.2, 0.25) is 5.91 Å². The molecule has 0 spiro atoms. The van der Waals surface area contributed by atoms with Gasteiger partial charge in [-0.05, 0) is 43.5 Å². The Morgan fingerprint density at radius 2 is 2.00 bits per heavy atom. The molecule has 1 amide bonds. The maximum Gasteiger partial charge on any atom is 0.241 e. The van der Waals surface area contributed by atoms with Crippen LogP contribution in [-0.4, -0.2) is 64.3 Å². The quantitative estimate of drug-likeness (QED) is 0.374. The third-order valence-electron chi connectivity index (χ3n) is 3.63. The van der Waals surface area contributed by atoms with Gasteiger partial charge < -0.3 is 25.0 Å². The lowest BCUT2D eigenvalue weighted by molar-refractivity contribution is -0.127. The molecule has 0 heterocycles. The number of aliphatic imine (C=N–C) groups is 1. The van der Waals surface area contributed by atoms with Crippen molar-refractivity contribution in [2.45, 2.75) is 26.8 Å². The van der Waals surface area contributed by atoms with E-state index in [2.05, 4.69) is 21.7 Å². The van der Waals surface area contributed by atoms with Crippen molar-refractivity contribution in [3.63, 3.8) is 0 Å². The zero-order valence-electron chi connectivity index (χ0n) is 16.6. The lowest BCUT2D eigenvalue weighted by Gasteiger charge is -2.15. The summed E-state index contributed by atoms with van der Waals surface area (Å²) in [6.07, 6.45) is 0.869. The number of guanidine groups is 1. The molecule has 0 fully saturated rings. The number of amides is 1. The maximum atomic E-state index is 11.8. The highest BCUT2D eigenvalue weighted by atomic mass is 16.5. The molecule has 2 N–H and O–H groups in total. The third-order valence-corrected chi connectivity index (χ3v) is 3.63. The van der Waals surface area contributed by atoms with Gasteiger partial charge in [0.05, 0.1) is 20.2 Å².